The zero-order chi connectivity index (χ0) is 8.43. The molecule has 11 heavy (non-hydrogen) atoms. The molecule has 3 heteroatoms. The van der Waals surface area contributed by atoms with E-state index in [4.69, 9.17) is 0 Å². The molecular weight excluding hydrogens is 224 g/mol. The van der Waals surface area contributed by atoms with Crippen molar-refractivity contribution in [2.75, 3.05) is 0 Å². The molecular formula is C8H9BrOS. The first kappa shape index (κ1) is 8.94. The van der Waals surface area contributed by atoms with Gasteiger partial charge in [-0.1, -0.05) is 15.9 Å². The van der Waals surface area contributed by atoms with Crippen molar-refractivity contribution in [2.45, 2.75) is 18.7 Å². The Morgan fingerprint density at radius 2 is 2.36 bits per heavy atom. The van der Waals surface area contributed by atoms with Gasteiger partial charge in [0.15, 0.2) is 5.78 Å². The summed E-state index contributed by atoms with van der Waals surface area (Å²) in [7, 11) is 0. The van der Waals surface area contributed by atoms with Crippen molar-refractivity contribution in [2.24, 2.45) is 0 Å². The van der Waals surface area contributed by atoms with Gasteiger partial charge in [-0.05, 0) is 19.9 Å². The van der Waals surface area contributed by atoms with Crippen LogP contribution in [0.3, 0.4) is 0 Å². The van der Waals surface area contributed by atoms with Gasteiger partial charge in [0.2, 0.25) is 0 Å². The molecule has 0 saturated heterocycles. The highest BCUT2D eigenvalue weighted by Crippen LogP contribution is 2.16. The van der Waals surface area contributed by atoms with Gasteiger partial charge in [0.05, 0.1) is 4.83 Å². The van der Waals surface area contributed by atoms with E-state index in [1.165, 1.54) is 4.88 Å². The maximum absolute atomic E-state index is 11.3. The van der Waals surface area contributed by atoms with E-state index in [2.05, 4.69) is 15.9 Å². The van der Waals surface area contributed by atoms with Crippen LogP contribution in [-0.4, -0.2) is 10.6 Å². The average Bonchev–Trinajstić information content (AvgIpc) is 2.34. The number of carbonyl (C=O) groups excluding carboxylic acids is 1. The summed E-state index contributed by atoms with van der Waals surface area (Å²) in [5.74, 6) is 0.161. The van der Waals surface area contributed by atoms with Crippen molar-refractivity contribution in [1.29, 1.82) is 0 Å². The molecule has 1 aromatic heterocycles. The predicted octanol–water partition coefficient (Wildman–Crippen LogP) is 3.02. The molecule has 0 aliphatic heterocycles. The third-order valence-corrected chi connectivity index (χ3v) is 2.65. The summed E-state index contributed by atoms with van der Waals surface area (Å²) in [4.78, 5) is 12.4. The quantitative estimate of drug-likeness (QED) is 0.566. The van der Waals surface area contributed by atoms with Crippen LogP contribution in [0.25, 0.3) is 0 Å². The fraction of sp³-hybridized carbons (Fsp3) is 0.375. The standard InChI is InChI=1S/C8H9BrOS/c1-5-3-7(4-11-5)8(10)6(2)9/h3-4,6H,1-2H3. The number of thiophene rings is 1. The van der Waals surface area contributed by atoms with Gasteiger partial charge in [-0.25, -0.2) is 0 Å². The number of alkyl halides is 1. The molecule has 0 bridgehead atoms. The van der Waals surface area contributed by atoms with Crippen LogP contribution in [0.1, 0.15) is 22.2 Å². The molecule has 1 unspecified atom stereocenters. The molecule has 0 radical (unpaired) electrons. The van der Waals surface area contributed by atoms with E-state index in [1.54, 1.807) is 11.3 Å². The zero-order valence-corrected chi connectivity index (χ0v) is 8.83. The molecule has 60 valence electrons. The molecule has 1 atom stereocenters. The summed E-state index contributed by atoms with van der Waals surface area (Å²) in [6.07, 6.45) is 0. The van der Waals surface area contributed by atoms with Crippen LogP contribution in [0.15, 0.2) is 11.4 Å². The normalized spacial score (nSPS) is 13.0. The van der Waals surface area contributed by atoms with Crippen LogP contribution in [-0.2, 0) is 0 Å². The second-order valence-electron chi connectivity index (χ2n) is 2.43. The molecule has 1 nitrogen and oxygen atoms in total. The summed E-state index contributed by atoms with van der Waals surface area (Å²) in [6.45, 7) is 3.84. The molecule has 0 aromatic carbocycles. The average molecular weight is 233 g/mol. The first-order chi connectivity index (χ1) is 5.11. The molecule has 0 aliphatic carbocycles. The molecule has 0 saturated carbocycles. The van der Waals surface area contributed by atoms with E-state index in [0.717, 1.165) is 5.56 Å². The van der Waals surface area contributed by atoms with Gasteiger partial charge in [-0.15, -0.1) is 11.3 Å². The largest absolute Gasteiger partial charge is 0.293 e. The Morgan fingerprint density at radius 1 is 1.73 bits per heavy atom. The third-order valence-electron chi connectivity index (χ3n) is 1.38. The lowest BCUT2D eigenvalue weighted by Gasteiger charge is -1.97. The Morgan fingerprint density at radius 3 is 2.73 bits per heavy atom. The minimum atomic E-state index is -0.0727. The highest BCUT2D eigenvalue weighted by Gasteiger charge is 2.12. The first-order valence-corrected chi connectivity index (χ1v) is 5.14. The smallest absolute Gasteiger partial charge is 0.177 e. The topological polar surface area (TPSA) is 17.1 Å². The van der Waals surface area contributed by atoms with Crippen molar-refractivity contribution < 1.29 is 4.79 Å². The summed E-state index contributed by atoms with van der Waals surface area (Å²) < 4.78 is 0. The first-order valence-electron chi connectivity index (χ1n) is 3.34. The van der Waals surface area contributed by atoms with Crippen LogP contribution < -0.4 is 0 Å². The summed E-state index contributed by atoms with van der Waals surface area (Å²) in [6, 6.07) is 1.92. The van der Waals surface area contributed by atoms with Gasteiger partial charge in [0, 0.05) is 15.8 Å². The van der Waals surface area contributed by atoms with E-state index in [-0.39, 0.29) is 10.6 Å². The second-order valence-corrected chi connectivity index (χ2v) is 4.92. The van der Waals surface area contributed by atoms with Crippen LogP contribution in [0.5, 0.6) is 0 Å². The zero-order valence-electron chi connectivity index (χ0n) is 6.43. The maximum atomic E-state index is 11.3. The SMILES string of the molecule is Cc1cc(C(=O)C(C)Br)cs1. The number of ketones is 1. The number of Topliss-reactive ketones (excluding diaryl/α,β-unsaturated/α-hetero) is 1. The molecule has 0 fully saturated rings. The molecule has 0 aliphatic rings. The minimum absolute atomic E-state index is 0.0727. The summed E-state index contributed by atoms with van der Waals surface area (Å²) in [5.41, 5.74) is 0.817. The lowest BCUT2D eigenvalue weighted by molar-refractivity contribution is 0.0996. The fourth-order valence-electron chi connectivity index (χ4n) is 0.802. The highest BCUT2D eigenvalue weighted by molar-refractivity contribution is 9.10. The van der Waals surface area contributed by atoms with E-state index >= 15 is 0 Å². The fourth-order valence-corrected chi connectivity index (χ4v) is 1.76. The Labute approximate surface area is 78.6 Å². The maximum Gasteiger partial charge on any atom is 0.177 e. The Hall–Kier alpha value is -0.150. The van der Waals surface area contributed by atoms with Crippen LogP contribution in [0.4, 0.5) is 0 Å². The van der Waals surface area contributed by atoms with E-state index in [9.17, 15) is 4.79 Å². The Kier molecular flexibility index (Phi) is 2.84. The number of aryl methyl sites for hydroxylation is 1. The van der Waals surface area contributed by atoms with Crippen LogP contribution in [0.2, 0.25) is 0 Å². The van der Waals surface area contributed by atoms with Gasteiger partial charge in [-0.3, -0.25) is 4.79 Å². The highest BCUT2D eigenvalue weighted by atomic mass is 79.9. The van der Waals surface area contributed by atoms with Crippen LogP contribution in [0, 0.1) is 6.92 Å². The number of hydrogen-bond donors (Lipinski definition) is 0. The number of rotatable bonds is 2. The Bertz CT molecular complexity index is 265. The van der Waals surface area contributed by atoms with Gasteiger partial charge >= 0.3 is 0 Å². The van der Waals surface area contributed by atoms with Crippen molar-refractivity contribution in [3.63, 3.8) is 0 Å². The van der Waals surface area contributed by atoms with Crippen molar-refractivity contribution in [3.05, 3.63) is 21.9 Å². The Balaban J connectivity index is 2.85. The van der Waals surface area contributed by atoms with Gasteiger partial charge in [0.1, 0.15) is 0 Å². The molecule has 0 spiro atoms. The molecule has 1 heterocycles. The second kappa shape index (κ2) is 3.50. The van der Waals surface area contributed by atoms with Crippen molar-refractivity contribution >= 4 is 33.0 Å². The van der Waals surface area contributed by atoms with Gasteiger partial charge in [0.25, 0.3) is 0 Å². The lowest BCUT2D eigenvalue weighted by atomic mass is 10.2. The lowest BCUT2D eigenvalue weighted by Crippen LogP contribution is -2.08. The molecule has 0 N–H and O–H groups in total. The number of hydrogen-bond acceptors (Lipinski definition) is 2. The monoisotopic (exact) mass is 232 g/mol. The van der Waals surface area contributed by atoms with E-state index in [0.29, 0.717) is 0 Å². The van der Waals surface area contributed by atoms with Crippen LogP contribution >= 0.6 is 27.3 Å². The summed E-state index contributed by atoms with van der Waals surface area (Å²) in [5, 5.41) is 1.90. The molecule has 1 rings (SSSR count). The van der Waals surface area contributed by atoms with Crippen molar-refractivity contribution in [3.8, 4) is 0 Å². The predicted molar refractivity (Wildman–Crippen MR) is 51.8 cm³/mol. The van der Waals surface area contributed by atoms with Gasteiger partial charge < -0.3 is 0 Å². The van der Waals surface area contributed by atoms with E-state index in [1.807, 2.05) is 25.3 Å². The molecule has 1 aromatic rings. The molecule has 0 amide bonds. The minimum Gasteiger partial charge on any atom is -0.293 e. The summed E-state index contributed by atoms with van der Waals surface area (Å²) >= 11 is 4.85. The van der Waals surface area contributed by atoms with Gasteiger partial charge in [-0.2, -0.15) is 0 Å². The van der Waals surface area contributed by atoms with E-state index < -0.39 is 0 Å². The third kappa shape index (κ3) is 2.14. The van der Waals surface area contributed by atoms with Crippen molar-refractivity contribution in [1.82, 2.24) is 0 Å². The number of carbonyl (C=O) groups is 1. The number of halogens is 1.